The van der Waals surface area contributed by atoms with Crippen LogP contribution in [0.2, 0.25) is 5.02 Å². The van der Waals surface area contributed by atoms with E-state index in [4.69, 9.17) is 16.3 Å². The van der Waals surface area contributed by atoms with Crippen LogP contribution >= 0.6 is 11.6 Å². The van der Waals surface area contributed by atoms with Crippen LogP contribution in [0.4, 0.5) is 34.6 Å². The summed E-state index contributed by atoms with van der Waals surface area (Å²) in [5.41, 5.74) is -1.66. The quantitative estimate of drug-likeness (QED) is 0.237. The van der Waals surface area contributed by atoms with E-state index >= 15 is 0 Å². The molecule has 3 N–H and O–H groups in total. The summed E-state index contributed by atoms with van der Waals surface area (Å²) in [6.07, 6.45) is -0.387. The molecule has 1 saturated heterocycles. The van der Waals surface area contributed by atoms with Crippen molar-refractivity contribution >= 4 is 40.4 Å². The third-order valence-electron chi connectivity index (χ3n) is 6.33. The summed E-state index contributed by atoms with van der Waals surface area (Å²) in [6, 6.07) is 5.77. The zero-order valence-corrected chi connectivity index (χ0v) is 21.4. The van der Waals surface area contributed by atoms with E-state index in [-0.39, 0.29) is 54.1 Å². The van der Waals surface area contributed by atoms with Crippen LogP contribution in [0.15, 0.2) is 48.9 Å². The molecule has 3 heterocycles. The summed E-state index contributed by atoms with van der Waals surface area (Å²) in [5, 5.41) is 7.93. The van der Waals surface area contributed by atoms with Gasteiger partial charge in [-0.1, -0.05) is 11.6 Å². The molecule has 0 radical (unpaired) electrons. The van der Waals surface area contributed by atoms with Gasteiger partial charge in [-0.2, -0.15) is 13.2 Å². The van der Waals surface area contributed by atoms with Crippen molar-refractivity contribution in [1.29, 1.82) is 0 Å². The second-order valence-corrected chi connectivity index (χ2v) is 9.48. The van der Waals surface area contributed by atoms with Gasteiger partial charge in [-0.15, -0.1) is 0 Å². The lowest BCUT2D eigenvalue weighted by Gasteiger charge is -2.25. The highest BCUT2D eigenvalue weighted by atomic mass is 35.5. The van der Waals surface area contributed by atoms with Crippen molar-refractivity contribution < 1.29 is 31.9 Å². The Hall–Kier alpha value is -3.77. The van der Waals surface area contributed by atoms with Crippen LogP contribution in [0.25, 0.3) is 0 Å². The Kier molecular flexibility index (Phi) is 8.36. The summed E-state index contributed by atoms with van der Waals surface area (Å²) < 4.78 is 60.3. The lowest BCUT2D eigenvalue weighted by atomic mass is 9.80. The van der Waals surface area contributed by atoms with E-state index in [0.717, 1.165) is 24.4 Å². The number of halogens is 5. The SMILES string of the molecule is CNc1cncc(C(=O)C[C@@]2(C(=O)NCc3ncc(Nc4ccc(Cl)cc4C(F)(F)F)cc3F)CCOC2)c1. The van der Waals surface area contributed by atoms with E-state index in [2.05, 4.69) is 25.9 Å². The van der Waals surface area contributed by atoms with E-state index in [1.165, 1.54) is 12.3 Å². The van der Waals surface area contributed by atoms with Gasteiger partial charge >= 0.3 is 6.18 Å². The number of pyridine rings is 2. The molecule has 0 bridgehead atoms. The third kappa shape index (κ3) is 6.63. The van der Waals surface area contributed by atoms with Crippen molar-refractivity contribution in [2.24, 2.45) is 5.41 Å². The number of rotatable bonds is 9. The highest BCUT2D eigenvalue weighted by molar-refractivity contribution is 6.30. The molecule has 0 aliphatic carbocycles. The zero-order chi connectivity index (χ0) is 28.2. The molecule has 206 valence electrons. The molecule has 1 aliphatic heterocycles. The predicted molar refractivity (Wildman–Crippen MR) is 136 cm³/mol. The molecule has 0 spiro atoms. The molecule has 0 unspecified atom stereocenters. The maximum atomic E-state index is 14.8. The van der Waals surface area contributed by atoms with Gasteiger partial charge in [-0.3, -0.25) is 19.6 Å². The van der Waals surface area contributed by atoms with Crippen LogP contribution in [0.5, 0.6) is 0 Å². The monoisotopic (exact) mass is 565 g/mol. The van der Waals surface area contributed by atoms with Gasteiger partial charge in [0.25, 0.3) is 0 Å². The minimum Gasteiger partial charge on any atom is -0.387 e. The molecule has 1 fully saturated rings. The minimum atomic E-state index is -4.68. The number of alkyl halides is 3. The maximum absolute atomic E-state index is 14.8. The van der Waals surface area contributed by atoms with Gasteiger partial charge in [-0.05, 0) is 30.7 Å². The molecular weight excluding hydrogens is 542 g/mol. The van der Waals surface area contributed by atoms with Gasteiger partial charge in [-0.25, -0.2) is 4.39 Å². The van der Waals surface area contributed by atoms with Crippen LogP contribution in [-0.2, 0) is 22.3 Å². The number of carbonyl (C=O) groups excluding carboxylic acids is 2. The van der Waals surface area contributed by atoms with Crippen molar-refractivity contribution in [3.05, 3.63) is 76.6 Å². The number of benzene rings is 1. The highest BCUT2D eigenvalue weighted by Gasteiger charge is 2.44. The molecule has 3 aromatic rings. The molecule has 2 aromatic heterocycles. The first kappa shape index (κ1) is 28.2. The molecule has 0 saturated carbocycles. The maximum Gasteiger partial charge on any atom is 0.418 e. The Labute approximate surface area is 226 Å². The third-order valence-corrected chi connectivity index (χ3v) is 6.57. The number of aromatic nitrogens is 2. The topological polar surface area (TPSA) is 105 Å². The van der Waals surface area contributed by atoms with Crippen molar-refractivity contribution in [3.63, 3.8) is 0 Å². The van der Waals surface area contributed by atoms with Gasteiger partial charge in [0.1, 0.15) is 5.82 Å². The van der Waals surface area contributed by atoms with E-state index < -0.39 is 28.9 Å². The Balaban J connectivity index is 1.44. The number of anilines is 3. The fraction of sp³-hybridized carbons (Fsp3) is 0.308. The van der Waals surface area contributed by atoms with Crippen LogP contribution in [-0.4, -0.2) is 41.9 Å². The smallest absolute Gasteiger partial charge is 0.387 e. The fourth-order valence-electron chi connectivity index (χ4n) is 4.18. The highest BCUT2D eigenvalue weighted by Crippen LogP contribution is 2.38. The standard InChI is InChI=1S/C26H24ClF4N5O3/c1-32-17-6-15(10-33-11-17)23(37)9-25(4-5-39-14-25)24(38)35-13-22-20(28)8-18(12-34-22)36-21-3-2-16(27)7-19(21)26(29,30)31/h2-3,6-8,10-12,32,36H,4-5,9,13-14H2,1H3,(H,35,38)/t25-/m0/s1. The lowest BCUT2D eigenvalue weighted by molar-refractivity contribution is -0.137. The second kappa shape index (κ2) is 11.5. The van der Waals surface area contributed by atoms with Crippen molar-refractivity contribution in [2.45, 2.75) is 25.6 Å². The van der Waals surface area contributed by atoms with Gasteiger partial charge in [0, 0.05) is 49.1 Å². The van der Waals surface area contributed by atoms with E-state index in [9.17, 15) is 27.2 Å². The summed E-state index contributed by atoms with van der Waals surface area (Å²) in [5.74, 6) is -1.63. The number of nitrogens with one attached hydrogen (secondary N) is 3. The Morgan fingerprint density at radius 2 is 1.92 bits per heavy atom. The first-order valence-electron chi connectivity index (χ1n) is 11.8. The van der Waals surface area contributed by atoms with Crippen molar-refractivity contribution in [2.75, 3.05) is 30.9 Å². The molecule has 39 heavy (non-hydrogen) atoms. The van der Waals surface area contributed by atoms with Crippen LogP contribution in [0.1, 0.15) is 34.5 Å². The van der Waals surface area contributed by atoms with Gasteiger partial charge < -0.3 is 20.7 Å². The minimum absolute atomic E-state index is 0.0190. The largest absolute Gasteiger partial charge is 0.418 e. The van der Waals surface area contributed by atoms with E-state index in [0.29, 0.717) is 17.7 Å². The predicted octanol–water partition coefficient (Wildman–Crippen LogP) is 5.37. The molecule has 4 rings (SSSR count). The van der Waals surface area contributed by atoms with Crippen molar-refractivity contribution in [1.82, 2.24) is 15.3 Å². The summed E-state index contributed by atoms with van der Waals surface area (Å²) in [4.78, 5) is 34.1. The summed E-state index contributed by atoms with van der Waals surface area (Å²) in [6.45, 7) is 0.00461. The average molecular weight is 566 g/mol. The number of hydrogen-bond donors (Lipinski definition) is 3. The van der Waals surface area contributed by atoms with Gasteiger partial charge in [0.2, 0.25) is 5.91 Å². The zero-order valence-electron chi connectivity index (χ0n) is 20.7. The molecule has 1 aromatic carbocycles. The number of amides is 1. The lowest BCUT2D eigenvalue weighted by Crippen LogP contribution is -2.43. The Bertz CT molecular complexity index is 1380. The molecular formula is C26H24ClF4N5O3. The molecule has 1 atom stereocenters. The van der Waals surface area contributed by atoms with Crippen LogP contribution in [0.3, 0.4) is 0 Å². The number of nitrogens with zero attached hydrogens (tertiary/aromatic N) is 2. The normalized spacial score (nSPS) is 17.1. The number of ketones is 1. The Morgan fingerprint density at radius 1 is 1.13 bits per heavy atom. The number of hydrogen-bond acceptors (Lipinski definition) is 7. The first-order chi connectivity index (χ1) is 18.5. The number of ether oxygens (including phenoxy) is 1. The first-order valence-corrected chi connectivity index (χ1v) is 12.2. The van der Waals surface area contributed by atoms with E-state index in [1.807, 2.05) is 0 Å². The molecule has 13 heteroatoms. The van der Waals surface area contributed by atoms with Crippen LogP contribution < -0.4 is 16.0 Å². The van der Waals surface area contributed by atoms with Crippen LogP contribution in [0, 0.1) is 11.2 Å². The van der Waals surface area contributed by atoms with Gasteiger partial charge in [0.15, 0.2) is 5.78 Å². The summed E-state index contributed by atoms with van der Waals surface area (Å²) in [7, 11) is 1.69. The van der Waals surface area contributed by atoms with Gasteiger partial charge in [0.05, 0.1) is 53.1 Å². The molecule has 1 amide bonds. The van der Waals surface area contributed by atoms with Crippen molar-refractivity contribution in [3.8, 4) is 0 Å². The molecule has 8 nitrogen and oxygen atoms in total. The second-order valence-electron chi connectivity index (χ2n) is 9.04. The fourth-order valence-corrected chi connectivity index (χ4v) is 4.35. The number of Topliss-reactive ketones (excluding diaryl/α,β-unsaturated/α-hetero) is 1. The average Bonchev–Trinajstić information content (AvgIpc) is 3.38. The number of carbonyl (C=O) groups is 2. The summed E-state index contributed by atoms with van der Waals surface area (Å²) >= 11 is 5.69. The molecule has 1 aliphatic rings. The van der Waals surface area contributed by atoms with E-state index in [1.54, 1.807) is 19.3 Å². The Morgan fingerprint density at radius 3 is 2.59 bits per heavy atom.